The van der Waals surface area contributed by atoms with E-state index in [0.717, 1.165) is 6.42 Å². The van der Waals surface area contributed by atoms with Gasteiger partial charge in [0.15, 0.2) is 22.6 Å². The van der Waals surface area contributed by atoms with Crippen LogP contribution in [0.4, 0.5) is 8.78 Å². The summed E-state index contributed by atoms with van der Waals surface area (Å²) >= 11 is 1.45. The summed E-state index contributed by atoms with van der Waals surface area (Å²) in [5, 5.41) is 0.344. The summed E-state index contributed by atoms with van der Waals surface area (Å²) in [5.41, 5.74) is 7.52. The van der Waals surface area contributed by atoms with E-state index in [-0.39, 0.29) is 29.3 Å². The molecule has 0 bridgehead atoms. The highest BCUT2D eigenvalue weighted by molar-refractivity contribution is 8.15. The molecule has 4 heterocycles. The topological polar surface area (TPSA) is 121 Å². The quantitative estimate of drug-likeness (QED) is 0.348. The van der Waals surface area contributed by atoms with Gasteiger partial charge in [0.05, 0.1) is 34.3 Å². The van der Waals surface area contributed by atoms with Crippen LogP contribution in [0.3, 0.4) is 0 Å². The van der Waals surface area contributed by atoms with E-state index in [4.69, 9.17) is 15.2 Å². The summed E-state index contributed by atoms with van der Waals surface area (Å²) in [4.78, 5) is 26.3. The number of aromatic nitrogens is 5. The van der Waals surface area contributed by atoms with Crippen molar-refractivity contribution in [2.24, 2.45) is 16.6 Å². The number of hydrogen-bond donors (Lipinski definition) is 1. The molecule has 0 saturated heterocycles. The van der Waals surface area contributed by atoms with Gasteiger partial charge in [-0.05, 0) is 43.2 Å². The number of ether oxygens (including phenoxy) is 2. The highest BCUT2D eigenvalue weighted by Gasteiger charge is 2.66. The Morgan fingerprint density at radius 2 is 1.95 bits per heavy atom. The van der Waals surface area contributed by atoms with Crippen LogP contribution in [0.2, 0.25) is 0 Å². The predicted octanol–water partition coefficient (Wildman–Crippen LogP) is 3.94. The van der Waals surface area contributed by atoms with Crippen molar-refractivity contribution in [1.29, 1.82) is 0 Å². The van der Waals surface area contributed by atoms with Gasteiger partial charge in [-0.25, -0.2) is 28.7 Å². The summed E-state index contributed by atoms with van der Waals surface area (Å²) in [6.07, 6.45) is 7.33. The fourth-order valence-corrected chi connectivity index (χ4v) is 6.81. The number of thioether (sulfide) groups is 1. The molecular formula is C27H25F2N7O2S. The number of halogens is 2. The number of pyridine rings is 1. The smallest absolute Gasteiger partial charge is 0.233 e. The molecule has 0 amide bonds. The third-order valence-corrected chi connectivity index (χ3v) is 8.50. The number of nitrogens with zero attached hydrogens (tertiary/aromatic N) is 6. The molecule has 200 valence electrons. The molecular weight excluding hydrogens is 524 g/mol. The Labute approximate surface area is 227 Å². The van der Waals surface area contributed by atoms with E-state index < -0.39 is 17.2 Å². The third-order valence-electron chi connectivity index (χ3n) is 7.23. The highest BCUT2D eigenvalue weighted by atomic mass is 32.2. The van der Waals surface area contributed by atoms with Gasteiger partial charge in [0, 0.05) is 43.6 Å². The normalized spacial score (nSPS) is 23.8. The molecule has 0 unspecified atom stereocenters. The lowest BCUT2D eigenvalue weighted by Crippen LogP contribution is -2.38. The molecule has 0 spiro atoms. The zero-order valence-electron chi connectivity index (χ0n) is 21.3. The molecule has 0 radical (unpaired) electrons. The molecule has 1 aliphatic heterocycles. The van der Waals surface area contributed by atoms with E-state index in [9.17, 15) is 4.39 Å². The Morgan fingerprint density at radius 1 is 1.13 bits per heavy atom. The van der Waals surface area contributed by atoms with Gasteiger partial charge < -0.3 is 15.2 Å². The van der Waals surface area contributed by atoms with Gasteiger partial charge in [-0.2, -0.15) is 0 Å². The third kappa shape index (κ3) is 4.67. The van der Waals surface area contributed by atoms with E-state index in [1.165, 1.54) is 24.0 Å². The van der Waals surface area contributed by atoms with Crippen LogP contribution in [0, 0.1) is 17.6 Å². The number of hydrogen-bond acceptors (Lipinski definition) is 10. The Morgan fingerprint density at radius 3 is 2.74 bits per heavy atom. The maximum atomic E-state index is 15.3. The molecule has 12 heteroatoms. The molecule has 9 nitrogen and oxygen atoms in total. The van der Waals surface area contributed by atoms with Crippen LogP contribution in [0.1, 0.15) is 36.0 Å². The van der Waals surface area contributed by atoms with Gasteiger partial charge in [-0.1, -0.05) is 11.8 Å². The number of rotatable bonds is 8. The molecule has 1 saturated carbocycles. The molecule has 2 N–H and O–H groups in total. The summed E-state index contributed by atoms with van der Waals surface area (Å²) in [6, 6.07) is 6.29. The van der Waals surface area contributed by atoms with Crippen LogP contribution in [0.15, 0.2) is 54.0 Å². The zero-order chi connectivity index (χ0) is 27.2. The van der Waals surface area contributed by atoms with Crippen LogP contribution in [0.25, 0.3) is 11.0 Å². The van der Waals surface area contributed by atoms with Crippen LogP contribution in [-0.4, -0.2) is 48.6 Å². The van der Waals surface area contributed by atoms with E-state index in [0.29, 0.717) is 45.8 Å². The number of nitrogens with two attached hydrogens (primary N) is 1. The lowest BCUT2D eigenvalue weighted by Gasteiger charge is -2.34. The lowest BCUT2D eigenvalue weighted by atomic mass is 9.84. The number of fused-ring (bicyclic) bond motifs is 2. The van der Waals surface area contributed by atoms with Crippen molar-refractivity contribution in [3.63, 3.8) is 0 Å². The lowest BCUT2D eigenvalue weighted by molar-refractivity contribution is 0.184. The second-order valence-electron chi connectivity index (χ2n) is 9.86. The fourth-order valence-electron chi connectivity index (χ4n) is 5.36. The van der Waals surface area contributed by atoms with Gasteiger partial charge in [0.25, 0.3) is 0 Å². The SMILES string of the molecule is COC[C@]12C[C@H]1[C@@](C)(c1cc(Cc3nccc4nc(OCc5ncccn5)cnc34)cc(F)c1F)N=C(N)S2. The Bertz CT molecular complexity index is 1590. The van der Waals surface area contributed by atoms with Gasteiger partial charge in [0.2, 0.25) is 5.88 Å². The summed E-state index contributed by atoms with van der Waals surface area (Å²) < 4.78 is 41.1. The summed E-state index contributed by atoms with van der Waals surface area (Å²) in [7, 11) is 1.62. The van der Waals surface area contributed by atoms with Gasteiger partial charge in [0.1, 0.15) is 12.1 Å². The van der Waals surface area contributed by atoms with Crippen molar-refractivity contribution in [3.05, 3.63) is 83.3 Å². The minimum Gasteiger partial charge on any atom is -0.468 e. The van der Waals surface area contributed by atoms with Gasteiger partial charge in [-0.3, -0.25) is 9.98 Å². The average Bonchev–Trinajstić information content (AvgIpc) is 3.65. The molecule has 2 aliphatic rings. The monoisotopic (exact) mass is 549 g/mol. The number of amidine groups is 1. The standard InChI is InChI=1S/C27H25F2N7O2S/c1-26(20-11-27(20,14-37-2)39-25(30)36-26)16-8-15(9-17(28)23(16)29)10-19-24-18(4-7-31-19)35-22(12-34-24)38-13-21-32-5-3-6-33-21/h3-9,12,20H,10-11,13-14H2,1-2H3,(H2,30,36)/t20-,26+,27+/m0/s1. The van der Waals surface area contributed by atoms with E-state index in [2.05, 4.69) is 29.9 Å². The maximum absolute atomic E-state index is 15.3. The van der Waals surface area contributed by atoms with Gasteiger partial charge >= 0.3 is 0 Å². The van der Waals surface area contributed by atoms with Crippen molar-refractivity contribution < 1.29 is 18.3 Å². The number of benzene rings is 1. The zero-order valence-corrected chi connectivity index (χ0v) is 22.1. The molecule has 6 rings (SSSR count). The van der Waals surface area contributed by atoms with Gasteiger partial charge in [-0.15, -0.1) is 0 Å². The van der Waals surface area contributed by atoms with E-state index >= 15 is 4.39 Å². The van der Waals surface area contributed by atoms with Crippen molar-refractivity contribution in [3.8, 4) is 5.88 Å². The highest BCUT2D eigenvalue weighted by Crippen LogP contribution is 2.66. The Kier molecular flexibility index (Phi) is 6.38. The Balaban J connectivity index is 1.30. The maximum Gasteiger partial charge on any atom is 0.233 e. The van der Waals surface area contributed by atoms with E-state index in [1.54, 1.807) is 43.9 Å². The van der Waals surface area contributed by atoms with Crippen LogP contribution < -0.4 is 10.5 Å². The molecule has 1 fully saturated rings. The summed E-state index contributed by atoms with van der Waals surface area (Å²) in [5.74, 6) is -1.07. The second kappa shape index (κ2) is 9.76. The van der Waals surface area contributed by atoms with Crippen molar-refractivity contribution in [2.45, 2.75) is 36.7 Å². The Hall–Kier alpha value is -3.77. The average molecular weight is 550 g/mol. The molecule has 1 aliphatic carbocycles. The molecule has 3 atom stereocenters. The number of methoxy groups -OCH3 is 1. The van der Waals surface area contributed by atoms with E-state index in [1.807, 2.05) is 6.92 Å². The fraction of sp³-hybridized carbons (Fsp3) is 0.333. The first-order chi connectivity index (χ1) is 18.8. The minimum atomic E-state index is -1.02. The second-order valence-corrected chi connectivity index (χ2v) is 11.3. The largest absolute Gasteiger partial charge is 0.468 e. The molecule has 3 aromatic heterocycles. The van der Waals surface area contributed by atoms with Crippen molar-refractivity contribution in [1.82, 2.24) is 24.9 Å². The minimum absolute atomic E-state index is 0.0346. The van der Waals surface area contributed by atoms with Crippen molar-refractivity contribution >= 4 is 28.0 Å². The first kappa shape index (κ1) is 25.5. The predicted molar refractivity (Wildman–Crippen MR) is 142 cm³/mol. The molecule has 4 aromatic rings. The van der Waals surface area contributed by atoms with Crippen LogP contribution in [-0.2, 0) is 23.3 Å². The molecule has 1 aromatic carbocycles. The summed E-state index contributed by atoms with van der Waals surface area (Å²) in [6.45, 7) is 2.42. The number of aliphatic imine (C=N–C) groups is 1. The van der Waals surface area contributed by atoms with Crippen molar-refractivity contribution in [2.75, 3.05) is 13.7 Å². The first-order valence-corrected chi connectivity index (χ1v) is 13.1. The molecule has 39 heavy (non-hydrogen) atoms. The van der Waals surface area contributed by atoms with Crippen LogP contribution >= 0.6 is 11.8 Å². The first-order valence-electron chi connectivity index (χ1n) is 12.3. The van der Waals surface area contributed by atoms with Crippen LogP contribution in [0.5, 0.6) is 5.88 Å².